The van der Waals surface area contributed by atoms with E-state index in [1.165, 1.54) is 32.1 Å². The third-order valence-corrected chi connectivity index (χ3v) is 5.79. The second kappa shape index (κ2) is 12.0. The van der Waals surface area contributed by atoms with Gasteiger partial charge in [0.1, 0.15) is 0 Å². The van der Waals surface area contributed by atoms with Crippen molar-refractivity contribution in [2.75, 3.05) is 24.1 Å². The number of nitrogens with one attached hydrogen (secondary N) is 3. The zero-order valence-electron chi connectivity index (χ0n) is 18.1. The van der Waals surface area contributed by atoms with Crippen LogP contribution in [-0.2, 0) is 16.6 Å². The van der Waals surface area contributed by atoms with Crippen molar-refractivity contribution in [3.8, 4) is 0 Å². The Hall–Kier alpha value is -1.03. The molecule has 8 heteroatoms. The molecule has 0 radical (unpaired) electrons. The van der Waals surface area contributed by atoms with Crippen LogP contribution in [0.25, 0.3) is 0 Å². The summed E-state index contributed by atoms with van der Waals surface area (Å²) in [6, 6.07) is 7.38. The molecular weight excluding hydrogens is 499 g/mol. The van der Waals surface area contributed by atoms with E-state index in [-0.39, 0.29) is 24.0 Å². The van der Waals surface area contributed by atoms with Crippen LogP contribution in [0.3, 0.4) is 0 Å². The van der Waals surface area contributed by atoms with Crippen molar-refractivity contribution in [3.05, 3.63) is 29.8 Å². The maximum Gasteiger partial charge on any atom is 0.229 e. The standard InChI is InChI=1S/C21H36N4O2S.HI/c1-5-22-20(24-16-21(14-17(2)3)12-8-9-13-21)23-15-18-10-6-7-11-19(18)25-28(4,26)27;/h6-7,10-11,17,25H,5,8-9,12-16H2,1-4H3,(H2,22,23,24);1H. The normalized spacial score (nSPS) is 16.4. The SMILES string of the molecule is CCNC(=NCc1ccccc1NS(C)(=O)=O)NCC1(CC(C)C)CCCC1.I. The van der Waals surface area contributed by atoms with Crippen molar-refractivity contribution in [3.63, 3.8) is 0 Å². The summed E-state index contributed by atoms with van der Waals surface area (Å²) in [4.78, 5) is 4.71. The number of rotatable bonds is 9. The average molecular weight is 537 g/mol. The lowest BCUT2D eigenvalue weighted by atomic mass is 9.78. The fraction of sp³-hybridized carbons (Fsp3) is 0.667. The Labute approximate surface area is 193 Å². The van der Waals surface area contributed by atoms with Crippen molar-refractivity contribution in [1.82, 2.24) is 10.6 Å². The summed E-state index contributed by atoms with van der Waals surface area (Å²) in [5.74, 6) is 1.47. The number of guanidine groups is 1. The molecule has 166 valence electrons. The van der Waals surface area contributed by atoms with Crippen LogP contribution in [0, 0.1) is 11.3 Å². The second-order valence-electron chi connectivity index (χ2n) is 8.39. The van der Waals surface area contributed by atoms with Gasteiger partial charge in [-0.2, -0.15) is 0 Å². The van der Waals surface area contributed by atoms with Gasteiger partial charge in [-0.05, 0) is 49.1 Å². The second-order valence-corrected chi connectivity index (χ2v) is 10.1. The highest BCUT2D eigenvalue weighted by Gasteiger charge is 2.34. The quantitative estimate of drug-likeness (QED) is 0.249. The highest BCUT2D eigenvalue weighted by atomic mass is 127. The molecule has 0 aromatic heterocycles. The van der Waals surface area contributed by atoms with Crippen molar-refractivity contribution in [2.45, 2.75) is 59.4 Å². The van der Waals surface area contributed by atoms with E-state index in [1.807, 2.05) is 18.2 Å². The molecule has 0 saturated heterocycles. The van der Waals surface area contributed by atoms with E-state index in [4.69, 9.17) is 4.99 Å². The van der Waals surface area contributed by atoms with E-state index >= 15 is 0 Å². The molecule has 0 aliphatic heterocycles. The van der Waals surface area contributed by atoms with Crippen LogP contribution in [0.4, 0.5) is 5.69 Å². The number of halogens is 1. The number of benzene rings is 1. The Morgan fingerprint density at radius 3 is 2.41 bits per heavy atom. The van der Waals surface area contributed by atoms with Gasteiger partial charge >= 0.3 is 0 Å². The number of hydrogen-bond donors (Lipinski definition) is 3. The van der Waals surface area contributed by atoms with Crippen LogP contribution in [0.1, 0.15) is 58.4 Å². The summed E-state index contributed by atoms with van der Waals surface area (Å²) in [6.07, 6.45) is 7.57. The van der Waals surface area contributed by atoms with E-state index < -0.39 is 10.0 Å². The summed E-state index contributed by atoms with van der Waals surface area (Å²) in [6.45, 7) is 8.77. The lowest BCUT2D eigenvalue weighted by Crippen LogP contribution is -2.43. The third-order valence-electron chi connectivity index (χ3n) is 5.20. The monoisotopic (exact) mass is 536 g/mol. The minimum absolute atomic E-state index is 0. The van der Waals surface area contributed by atoms with Crippen LogP contribution in [-0.4, -0.2) is 33.7 Å². The molecule has 0 spiro atoms. The van der Waals surface area contributed by atoms with Gasteiger partial charge in [0.15, 0.2) is 5.96 Å². The van der Waals surface area contributed by atoms with Crippen molar-refractivity contribution in [1.29, 1.82) is 0 Å². The summed E-state index contributed by atoms with van der Waals surface area (Å²) in [5.41, 5.74) is 1.79. The number of hydrogen-bond acceptors (Lipinski definition) is 3. The molecule has 1 aromatic rings. The molecule has 0 heterocycles. The molecule has 0 amide bonds. The number of sulfonamides is 1. The molecule has 1 aromatic carbocycles. The van der Waals surface area contributed by atoms with Gasteiger partial charge in [0, 0.05) is 13.1 Å². The number of para-hydroxylation sites is 1. The van der Waals surface area contributed by atoms with Gasteiger partial charge < -0.3 is 10.6 Å². The minimum atomic E-state index is -3.32. The molecule has 6 nitrogen and oxygen atoms in total. The van der Waals surface area contributed by atoms with Crippen LogP contribution in [0.5, 0.6) is 0 Å². The van der Waals surface area contributed by atoms with Crippen LogP contribution < -0.4 is 15.4 Å². The van der Waals surface area contributed by atoms with Gasteiger partial charge in [-0.3, -0.25) is 4.72 Å². The molecular formula is C21H37IN4O2S. The van der Waals surface area contributed by atoms with E-state index in [1.54, 1.807) is 6.07 Å². The predicted molar refractivity (Wildman–Crippen MR) is 133 cm³/mol. The van der Waals surface area contributed by atoms with Crippen LogP contribution in [0.15, 0.2) is 29.3 Å². The molecule has 29 heavy (non-hydrogen) atoms. The molecule has 0 bridgehead atoms. The van der Waals surface area contributed by atoms with Crippen LogP contribution >= 0.6 is 24.0 Å². The average Bonchev–Trinajstić information content (AvgIpc) is 3.05. The van der Waals surface area contributed by atoms with E-state index in [0.29, 0.717) is 23.6 Å². The number of nitrogens with zero attached hydrogens (tertiary/aromatic N) is 1. The summed E-state index contributed by atoms with van der Waals surface area (Å²) in [5, 5.41) is 6.86. The molecule has 3 N–H and O–H groups in total. The first kappa shape index (κ1) is 26.0. The summed E-state index contributed by atoms with van der Waals surface area (Å²) in [7, 11) is -3.32. The molecule has 1 aliphatic rings. The molecule has 1 aliphatic carbocycles. The lowest BCUT2D eigenvalue weighted by Gasteiger charge is -2.32. The molecule has 1 fully saturated rings. The Bertz CT molecular complexity index is 760. The summed E-state index contributed by atoms with van der Waals surface area (Å²) >= 11 is 0. The lowest BCUT2D eigenvalue weighted by molar-refractivity contribution is 0.235. The van der Waals surface area contributed by atoms with Gasteiger partial charge in [0.25, 0.3) is 0 Å². The predicted octanol–water partition coefficient (Wildman–Crippen LogP) is 4.34. The molecule has 0 unspecified atom stereocenters. The Morgan fingerprint density at radius 2 is 1.83 bits per heavy atom. The minimum Gasteiger partial charge on any atom is -0.357 e. The van der Waals surface area contributed by atoms with Gasteiger partial charge in [-0.25, -0.2) is 13.4 Å². The smallest absolute Gasteiger partial charge is 0.229 e. The van der Waals surface area contributed by atoms with E-state index in [2.05, 4.69) is 36.1 Å². The van der Waals surface area contributed by atoms with E-state index in [9.17, 15) is 8.42 Å². The van der Waals surface area contributed by atoms with Crippen LogP contribution in [0.2, 0.25) is 0 Å². The van der Waals surface area contributed by atoms with E-state index in [0.717, 1.165) is 30.9 Å². The zero-order valence-corrected chi connectivity index (χ0v) is 21.3. The van der Waals surface area contributed by atoms with Gasteiger partial charge in [0.2, 0.25) is 10.0 Å². The third kappa shape index (κ3) is 9.11. The maximum atomic E-state index is 11.6. The number of aliphatic imine (C=N–C) groups is 1. The first-order chi connectivity index (χ1) is 13.2. The topological polar surface area (TPSA) is 82.6 Å². The fourth-order valence-corrected chi connectivity index (χ4v) is 4.78. The molecule has 1 saturated carbocycles. The van der Waals surface area contributed by atoms with Crippen molar-refractivity contribution in [2.24, 2.45) is 16.3 Å². The Morgan fingerprint density at radius 1 is 1.17 bits per heavy atom. The van der Waals surface area contributed by atoms with Gasteiger partial charge in [-0.1, -0.05) is 44.9 Å². The van der Waals surface area contributed by atoms with Crippen molar-refractivity contribution < 1.29 is 8.42 Å². The highest BCUT2D eigenvalue weighted by molar-refractivity contribution is 14.0. The first-order valence-electron chi connectivity index (χ1n) is 10.3. The summed E-state index contributed by atoms with van der Waals surface area (Å²) < 4.78 is 25.8. The largest absolute Gasteiger partial charge is 0.357 e. The van der Waals surface area contributed by atoms with Gasteiger partial charge in [0.05, 0.1) is 18.5 Å². The first-order valence-corrected chi connectivity index (χ1v) is 12.2. The maximum absolute atomic E-state index is 11.6. The fourth-order valence-electron chi connectivity index (χ4n) is 4.18. The zero-order chi connectivity index (χ0) is 20.6. The molecule has 0 atom stereocenters. The highest BCUT2D eigenvalue weighted by Crippen LogP contribution is 2.42. The van der Waals surface area contributed by atoms with Crippen molar-refractivity contribution >= 4 is 45.6 Å². The Balaban J connectivity index is 0.00000420. The number of anilines is 1. The molecule has 2 rings (SSSR count). The Kier molecular flexibility index (Phi) is 10.7. The van der Waals surface area contributed by atoms with Gasteiger partial charge in [-0.15, -0.1) is 24.0 Å².